The summed E-state index contributed by atoms with van der Waals surface area (Å²) in [6.07, 6.45) is 2.28. The second-order valence-corrected chi connectivity index (χ2v) is 6.24. The summed E-state index contributed by atoms with van der Waals surface area (Å²) in [5.41, 5.74) is 6.84. The van der Waals surface area contributed by atoms with E-state index < -0.39 is 10.0 Å². The maximum absolute atomic E-state index is 11.3. The third-order valence-electron chi connectivity index (χ3n) is 3.38. The zero-order valence-electron chi connectivity index (χ0n) is 10.9. The smallest absolute Gasteiger partial charge is 0.240 e. The van der Waals surface area contributed by atoms with Crippen molar-refractivity contribution in [3.8, 4) is 0 Å². The van der Waals surface area contributed by atoms with Gasteiger partial charge in [-0.1, -0.05) is 0 Å². The van der Waals surface area contributed by atoms with E-state index in [1.807, 2.05) is 0 Å². The molecule has 1 aliphatic heterocycles. The number of ether oxygens (including phenoxy) is 1. The van der Waals surface area contributed by atoms with Gasteiger partial charge in [0.05, 0.1) is 11.8 Å². The number of anilines is 2. The molecular weight excluding hydrogens is 266 g/mol. The average Bonchev–Trinajstić information content (AvgIpc) is 2.37. The van der Waals surface area contributed by atoms with Crippen molar-refractivity contribution in [2.24, 2.45) is 5.14 Å². The van der Waals surface area contributed by atoms with E-state index in [-0.39, 0.29) is 16.7 Å². The fourth-order valence-electron chi connectivity index (χ4n) is 2.36. The fourth-order valence-corrected chi connectivity index (χ4v) is 3.00. The molecule has 0 bridgehead atoms. The summed E-state index contributed by atoms with van der Waals surface area (Å²) in [6, 6.07) is 4.84. The van der Waals surface area contributed by atoms with Crippen LogP contribution in [0, 0.1) is 0 Å². The van der Waals surface area contributed by atoms with E-state index in [0.29, 0.717) is 0 Å². The van der Waals surface area contributed by atoms with Crippen molar-refractivity contribution in [1.29, 1.82) is 0 Å². The van der Waals surface area contributed by atoms with E-state index >= 15 is 0 Å². The van der Waals surface area contributed by atoms with Gasteiger partial charge in [0.15, 0.2) is 0 Å². The number of nitrogens with zero attached hydrogens (tertiary/aromatic N) is 1. The topological polar surface area (TPSA) is 98.6 Å². The lowest BCUT2D eigenvalue weighted by Crippen LogP contribution is -2.39. The SMILES string of the molecule is COC1CCCN(c2ccc(S(N)(=O)=O)c(N)c2)C1. The molecule has 1 fully saturated rings. The van der Waals surface area contributed by atoms with Crippen LogP contribution < -0.4 is 15.8 Å². The standard InChI is InChI=1S/C12H19N3O3S/c1-18-10-3-2-6-15(8-10)9-4-5-12(11(13)7-9)19(14,16)17/h4-5,7,10H,2-3,6,8,13H2,1H3,(H2,14,16,17). The molecule has 0 saturated carbocycles. The van der Waals surface area contributed by atoms with Gasteiger partial charge in [0.1, 0.15) is 4.90 Å². The molecule has 7 heteroatoms. The zero-order valence-corrected chi connectivity index (χ0v) is 11.7. The first-order valence-corrected chi connectivity index (χ1v) is 7.66. The van der Waals surface area contributed by atoms with E-state index in [9.17, 15) is 8.42 Å². The van der Waals surface area contributed by atoms with Gasteiger partial charge in [0.2, 0.25) is 10.0 Å². The number of rotatable bonds is 3. The number of piperidine rings is 1. The molecular formula is C12H19N3O3S. The van der Waals surface area contributed by atoms with Gasteiger partial charge in [-0.05, 0) is 31.0 Å². The third kappa shape index (κ3) is 3.17. The second kappa shape index (κ2) is 5.36. The summed E-state index contributed by atoms with van der Waals surface area (Å²) in [5, 5.41) is 5.09. The summed E-state index contributed by atoms with van der Waals surface area (Å²) >= 11 is 0. The Hall–Kier alpha value is -1.31. The lowest BCUT2D eigenvalue weighted by molar-refractivity contribution is 0.0893. The second-order valence-electron chi connectivity index (χ2n) is 4.71. The normalized spacial score (nSPS) is 20.5. The minimum Gasteiger partial charge on any atom is -0.398 e. The highest BCUT2D eigenvalue weighted by Gasteiger charge is 2.21. The molecule has 1 saturated heterocycles. The molecule has 6 nitrogen and oxygen atoms in total. The average molecular weight is 285 g/mol. The molecule has 0 aromatic heterocycles. The minimum atomic E-state index is -3.76. The van der Waals surface area contributed by atoms with Gasteiger partial charge in [0.25, 0.3) is 0 Å². The quantitative estimate of drug-likeness (QED) is 0.789. The first-order chi connectivity index (χ1) is 8.91. The fraction of sp³-hybridized carbons (Fsp3) is 0.500. The lowest BCUT2D eigenvalue weighted by Gasteiger charge is -2.33. The van der Waals surface area contributed by atoms with Crippen LogP contribution in [0.2, 0.25) is 0 Å². The van der Waals surface area contributed by atoms with Crippen LogP contribution in [0.1, 0.15) is 12.8 Å². The number of hydrogen-bond acceptors (Lipinski definition) is 5. The van der Waals surface area contributed by atoms with Crippen LogP contribution in [0.4, 0.5) is 11.4 Å². The Morgan fingerprint density at radius 3 is 2.74 bits per heavy atom. The molecule has 4 N–H and O–H groups in total. The number of sulfonamides is 1. The summed E-state index contributed by atoms with van der Waals surface area (Å²) in [4.78, 5) is 2.11. The summed E-state index contributed by atoms with van der Waals surface area (Å²) < 4.78 is 28.0. The highest BCUT2D eigenvalue weighted by molar-refractivity contribution is 7.89. The van der Waals surface area contributed by atoms with Gasteiger partial charge in [0, 0.05) is 25.9 Å². The van der Waals surface area contributed by atoms with Crippen LogP contribution in [0.5, 0.6) is 0 Å². The van der Waals surface area contributed by atoms with Gasteiger partial charge >= 0.3 is 0 Å². The van der Waals surface area contributed by atoms with E-state index in [4.69, 9.17) is 15.6 Å². The summed E-state index contributed by atoms with van der Waals surface area (Å²) in [5.74, 6) is 0. The van der Waals surface area contributed by atoms with Crippen LogP contribution in [-0.2, 0) is 14.8 Å². The number of benzene rings is 1. The molecule has 1 aromatic rings. The van der Waals surface area contributed by atoms with Crippen LogP contribution >= 0.6 is 0 Å². The molecule has 0 spiro atoms. The summed E-state index contributed by atoms with van der Waals surface area (Å²) in [6.45, 7) is 1.69. The maximum atomic E-state index is 11.3. The van der Waals surface area contributed by atoms with Gasteiger partial charge in [-0.3, -0.25) is 0 Å². The molecule has 1 aliphatic rings. The third-order valence-corrected chi connectivity index (χ3v) is 4.36. The molecule has 1 unspecified atom stereocenters. The Labute approximate surface area is 113 Å². The molecule has 0 amide bonds. The van der Waals surface area contributed by atoms with Crippen LogP contribution in [0.3, 0.4) is 0 Å². The van der Waals surface area contributed by atoms with Crippen molar-refractivity contribution in [2.45, 2.75) is 23.8 Å². The van der Waals surface area contributed by atoms with Gasteiger partial charge in [-0.25, -0.2) is 13.6 Å². The number of nitrogens with two attached hydrogens (primary N) is 2. The molecule has 0 radical (unpaired) electrons. The van der Waals surface area contributed by atoms with Crippen molar-refractivity contribution >= 4 is 21.4 Å². The van der Waals surface area contributed by atoms with E-state index in [0.717, 1.165) is 31.6 Å². The predicted molar refractivity (Wildman–Crippen MR) is 74.5 cm³/mol. The zero-order chi connectivity index (χ0) is 14.0. The van der Waals surface area contributed by atoms with Crippen LogP contribution in [-0.4, -0.2) is 34.7 Å². The van der Waals surface area contributed by atoms with Crippen molar-refractivity contribution in [3.05, 3.63) is 18.2 Å². The maximum Gasteiger partial charge on any atom is 0.240 e. The Balaban J connectivity index is 2.25. The number of nitrogen functional groups attached to an aromatic ring is 1. The highest BCUT2D eigenvalue weighted by Crippen LogP contribution is 2.26. The van der Waals surface area contributed by atoms with Crippen molar-refractivity contribution < 1.29 is 13.2 Å². The largest absolute Gasteiger partial charge is 0.398 e. The minimum absolute atomic E-state index is 0.0310. The molecule has 1 aromatic carbocycles. The molecule has 2 rings (SSSR count). The van der Waals surface area contributed by atoms with Crippen molar-refractivity contribution in [3.63, 3.8) is 0 Å². The Morgan fingerprint density at radius 2 is 2.16 bits per heavy atom. The van der Waals surface area contributed by atoms with Crippen LogP contribution in [0.25, 0.3) is 0 Å². The number of primary sulfonamides is 1. The van der Waals surface area contributed by atoms with E-state index in [2.05, 4.69) is 4.90 Å². The highest BCUT2D eigenvalue weighted by atomic mass is 32.2. The van der Waals surface area contributed by atoms with Crippen molar-refractivity contribution in [2.75, 3.05) is 30.8 Å². The molecule has 1 atom stereocenters. The number of methoxy groups -OCH3 is 1. The first kappa shape index (κ1) is 14.1. The van der Waals surface area contributed by atoms with Gasteiger partial charge in [-0.2, -0.15) is 0 Å². The van der Waals surface area contributed by atoms with E-state index in [1.165, 1.54) is 6.07 Å². The van der Waals surface area contributed by atoms with Gasteiger partial charge < -0.3 is 15.4 Å². The van der Waals surface area contributed by atoms with Gasteiger partial charge in [-0.15, -0.1) is 0 Å². The van der Waals surface area contributed by atoms with Crippen molar-refractivity contribution in [1.82, 2.24) is 0 Å². The first-order valence-electron chi connectivity index (χ1n) is 6.12. The molecule has 1 heterocycles. The number of hydrogen-bond donors (Lipinski definition) is 2. The van der Waals surface area contributed by atoms with E-state index in [1.54, 1.807) is 19.2 Å². The Bertz CT molecular complexity index is 559. The Kier molecular flexibility index (Phi) is 3.98. The lowest BCUT2D eigenvalue weighted by atomic mass is 10.1. The molecule has 19 heavy (non-hydrogen) atoms. The molecule has 106 valence electrons. The molecule has 0 aliphatic carbocycles. The van der Waals surface area contributed by atoms with Crippen LogP contribution in [0.15, 0.2) is 23.1 Å². The summed E-state index contributed by atoms with van der Waals surface area (Å²) in [7, 11) is -2.06. The predicted octanol–water partition coefficient (Wildman–Crippen LogP) is 0.531. The Morgan fingerprint density at radius 1 is 1.42 bits per heavy atom. The monoisotopic (exact) mass is 285 g/mol.